The second kappa shape index (κ2) is 5.05. The number of anilines is 1. The quantitative estimate of drug-likeness (QED) is 0.777. The molecule has 7 heteroatoms. The molecule has 0 saturated heterocycles. The van der Waals surface area contributed by atoms with Crippen LogP contribution in [0.15, 0.2) is 47.4 Å². The Hall–Kier alpha value is -2.05. The Morgan fingerprint density at radius 2 is 1.90 bits per heavy atom. The summed E-state index contributed by atoms with van der Waals surface area (Å²) in [6.07, 6.45) is 0. The van der Waals surface area contributed by atoms with Gasteiger partial charge < -0.3 is 4.98 Å². The van der Waals surface area contributed by atoms with Gasteiger partial charge in [0.1, 0.15) is 0 Å². The van der Waals surface area contributed by atoms with Crippen LogP contribution in [-0.4, -0.2) is 18.4 Å². The summed E-state index contributed by atoms with van der Waals surface area (Å²) in [5.74, 6) is 0.176. The number of sulfonamides is 1. The number of nitrogens with one attached hydrogen (secondary N) is 2. The maximum absolute atomic E-state index is 12.4. The number of H-pyrrole nitrogens is 1. The Morgan fingerprint density at radius 1 is 1.14 bits per heavy atom. The van der Waals surface area contributed by atoms with E-state index in [1.54, 1.807) is 25.1 Å². The minimum absolute atomic E-state index is 0.135. The number of imidazole rings is 1. The lowest BCUT2D eigenvalue weighted by Crippen LogP contribution is -2.15. The van der Waals surface area contributed by atoms with Crippen LogP contribution in [0.2, 0.25) is 5.02 Å². The first-order valence-corrected chi connectivity index (χ1v) is 8.06. The van der Waals surface area contributed by atoms with Gasteiger partial charge in [-0.3, -0.25) is 0 Å². The van der Waals surface area contributed by atoms with E-state index in [0.717, 1.165) is 5.52 Å². The highest BCUT2D eigenvalue weighted by atomic mass is 35.5. The molecular formula is C14H12ClN3O2S. The highest BCUT2D eigenvalue weighted by Gasteiger charge is 2.19. The van der Waals surface area contributed by atoms with Crippen molar-refractivity contribution in [1.29, 1.82) is 0 Å². The van der Waals surface area contributed by atoms with Crippen molar-refractivity contribution in [3.05, 3.63) is 53.1 Å². The molecule has 108 valence electrons. The summed E-state index contributed by atoms with van der Waals surface area (Å²) in [7, 11) is -3.74. The second-order valence-corrected chi connectivity index (χ2v) is 6.63. The van der Waals surface area contributed by atoms with Gasteiger partial charge in [0, 0.05) is 5.02 Å². The van der Waals surface area contributed by atoms with Crippen molar-refractivity contribution >= 4 is 38.6 Å². The first kappa shape index (κ1) is 13.9. The largest absolute Gasteiger partial charge is 0.323 e. The van der Waals surface area contributed by atoms with Crippen molar-refractivity contribution in [2.24, 2.45) is 0 Å². The SMILES string of the molecule is Cc1c(Cl)cccc1S(=O)(=O)Nc1nc2ccccc2[nH]1. The van der Waals surface area contributed by atoms with Crippen LogP contribution < -0.4 is 4.72 Å². The highest BCUT2D eigenvalue weighted by molar-refractivity contribution is 7.92. The Kier molecular flexibility index (Phi) is 3.35. The monoisotopic (exact) mass is 321 g/mol. The summed E-state index contributed by atoms with van der Waals surface area (Å²) < 4.78 is 27.3. The number of hydrogen-bond donors (Lipinski definition) is 2. The van der Waals surface area contributed by atoms with Crippen LogP contribution in [0.5, 0.6) is 0 Å². The van der Waals surface area contributed by atoms with Crippen molar-refractivity contribution in [3.63, 3.8) is 0 Å². The zero-order valence-electron chi connectivity index (χ0n) is 11.1. The molecule has 0 fully saturated rings. The number of aromatic amines is 1. The molecule has 0 amide bonds. The maximum atomic E-state index is 12.4. The van der Waals surface area contributed by atoms with E-state index in [-0.39, 0.29) is 10.8 Å². The Bertz CT molecular complexity index is 886. The highest BCUT2D eigenvalue weighted by Crippen LogP contribution is 2.24. The van der Waals surface area contributed by atoms with Crippen LogP contribution >= 0.6 is 11.6 Å². The summed E-state index contributed by atoms with van der Waals surface area (Å²) >= 11 is 5.97. The predicted molar refractivity (Wildman–Crippen MR) is 83.1 cm³/mol. The van der Waals surface area contributed by atoms with Crippen LogP contribution in [-0.2, 0) is 10.0 Å². The molecule has 0 saturated carbocycles. The third-order valence-electron chi connectivity index (χ3n) is 3.13. The van der Waals surface area contributed by atoms with Gasteiger partial charge in [0.25, 0.3) is 10.0 Å². The normalized spacial score (nSPS) is 11.7. The van der Waals surface area contributed by atoms with E-state index in [9.17, 15) is 8.42 Å². The zero-order chi connectivity index (χ0) is 15.0. The third-order valence-corrected chi connectivity index (χ3v) is 5.02. The molecule has 0 atom stereocenters. The second-order valence-electron chi connectivity index (χ2n) is 4.57. The fourth-order valence-electron chi connectivity index (χ4n) is 2.06. The fraction of sp³-hybridized carbons (Fsp3) is 0.0714. The van der Waals surface area contributed by atoms with Gasteiger partial charge in [0.2, 0.25) is 5.95 Å². The van der Waals surface area contributed by atoms with Crippen molar-refractivity contribution < 1.29 is 8.42 Å². The molecule has 3 aromatic rings. The molecule has 0 bridgehead atoms. The first-order valence-electron chi connectivity index (χ1n) is 6.20. The Morgan fingerprint density at radius 3 is 2.67 bits per heavy atom. The number of aromatic nitrogens is 2. The molecule has 0 aliphatic heterocycles. The van der Waals surface area contributed by atoms with Crippen molar-refractivity contribution in [3.8, 4) is 0 Å². The molecule has 5 nitrogen and oxygen atoms in total. The van der Waals surface area contributed by atoms with Crippen LogP contribution in [0, 0.1) is 6.92 Å². The van der Waals surface area contributed by atoms with E-state index in [1.807, 2.05) is 18.2 Å². The number of benzene rings is 2. The molecule has 1 aromatic heterocycles. The average Bonchev–Trinajstić information content (AvgIpc) is 2.82. The van der Waals surface area contributed by atoms with Gasteiger partial charge in [-0.15, -0.1) is 0 Å². The average molecular weight is 322 g/mol. The van der Waals surface area contributed by atoms with E-state index >= 15 is 0 Å². The minimum atomic E-state index is -3.74. The van der Waals surface area contributed by atoms with Gasteiger partial charge in [-0.05, 0) is 36.8 Å². The summed E-state index contributed by atoms with van der Waals surface area (Å²) in [6.45, 7) is 1.66. The molecule has 0 aliphatic carbocycles. The topological polar surface area (TPSA) is 74.8 Å². The Labute approximate surface area is 127 Å². The standard InChI is InChI=1S/C14H12ClN3O2S/c1-9-10(15)5-4-8-13(9)21(19,20)18-14-16-11-6-2-3-7-12(11)17-14/h2-8H,1H3,(H2,16,17,18). The van der Waals surface area contributed by atoms with Gasteiger partial charge in [0.05, 0.1) is 15.9 Å². The lowest BCUT2D eigenvalue weighted by molar-refractivity contribution is 0.600. The van der Waals surface area contributed by atoms with E-state index in [4.69, 9.17) is 11.6 Å². The summed E-state index contributed by atoms with van der Waals surface area (Å²) in [4.78, 5) is 7.25. The van der Waals surface area contributed by atoms with Crippen LogP contribution in [0.25, 0.3) is 11.0 Å². The maximum Gasteiger partial charge on any atom is 0.264 e. The predicted octanol–water partition coefficient (Wildman–Crippen LogP) is 3.33. The van der Waals surface area contributed by atoms with Crippen LogP contribution in [0.4, 0.5) is 5.95 Å². The van der Waals surface area contributed by atoms with E-state index in [2.05, 4.69) is 14.7 Å². The van der Waals surface area contributed by atoms with Gasteiger partial charge in [0.15, 0.2) is 0 Å². The number of halogens is 1. The fourth-order valence-corrected chi connectivity index (χ4v) is 3.52. The molecule has 0 spiro atoms. The molecule has 2 aromatic carbocycles. The van der Waals surface area contributed by atoms with Gasteiger partial charge >= 0.3 is 0 Å². The molecule has 21 heavy (non-hydrogen) atoms. The molecule has 2 N–H and O–H groups in total. The summed E-state index contributed by atoms with van der Waals surface area (Å²) in [6, 6.07) is 12.1. The first-order chi connectivity index (χ1) is 9.97. The van der Waals surface area contributed by atoms with E-state index in [1.165, 1.54) is 6.07 Å². The van der Waals surface area contributed by atoms with Crippen LogP contribution in [0.1, 0.15) is 5.56 Å². The zero-order valence-corrected chi connectivity index (χ0v) is 12.7. The lowest BCUT2D eigenvalue weighted by Gasteiger charge is -2.09. The minimum Gasteiger partial charge on any atom is -0.323 e. The van der Waals surface area contributed by atoms with Crippen molar-refractivity contribution in [2.75, 3.05) is 4.72 Å². The lowest BCUT2D eigenvalue weighted by atomic mass is 10.2. The van der Waals surface area contributed by atoms with Gasteiger partial charge in [-0.1, -0.05) is 29.8 Å². The summed E-state index contributed by atoms with van der Waals surface area (Å²) in [5.41, 5.74) is 1.96. The van der Waals surface area contributed by atoms with E-state index < -0.39 is 10.0 Å². The number of hydrogen-bond acceptors (Lipinski definition) is 3. The van der Waals surface area contributed by atoms with E-state index in [0.29, 0.717) is 16.1 Å². The molecule has 0 radical (unpaired) electrons. The van der Waals surface area contributed by atoms with Crippen LogP contribution in [0.3, 0.4) is 0 Å². The molecule has 1 heterocycles. The molecule has 0 unspecified atom stereocenters. The molecular weight excluding hydrogens is 310 g/mol. The van der Waals surface area contributed by atoms with Gasteiger partial charge in [-0.25, -0.2) is 18.1 Å². The Balaban J connectivity index is 2.01. The number of rotatable bonds is 3. The summed E-state index contributed by atoms with van der Waals surface area (Å²) in [5, 5.41) is 0.405. The van der Waals surface area contributed by atoms with Crippen molar-refractivity contribution in [1.82, 2.24) is 9.97 Å². The molecule has 0 aliphatic rings. The number of nitrogens with zero attached hydrogens (tertiary/aromatic N) is 1. The molecule has 3 rings (SSSR count). The number of fused-ring (bicyclic) bond motifs is 1. The van der Waals surface area contributed by atoms with Crippen molar-refractivity contribution in [2.45, 2.75) is 11.8 Å². The number of para-hydroxylation sites is 2. The third kappa shape index (κ3) is 2.59. The smallest absolute Gasteiger partial charge is 0.264 e. The van der Waals surface area contributed by atoms with Gasteiger partial charge in [-0.2, -0.15) is 0 Å².